The number of hydrogen-bond donors (Lipinski definition) is 1. The van der Waals surface area contributed by atoms with E-state index in [1.165, 1.54) is 12.1 Å². The molecule has 2 aromatic rings. The number of anilines is 3. The highest BCUT2D eigenvalue weighted by Gasteiger charge is 2.31. The maximum Gasteiger partial charge on any atom is 0.573 e. The summed E-state index contributed by atoms with van der Waals surface area (Å²) in [6.07, 6.45) is -5.01. The van der Waals surface area contributed by atoms with E-state index in [4.69, 9.17) is 22.1 Å². The number of ether oxygens (including phenoxy) is 2. The van der Waals surface area contributed by atoms with Gasteiger partial charge in [-0.25, -0.2) is 0 Å². The minimum Gasteiger partial charge on any atom is -0.491 e. The van der Waals surface area contributed by atoms with E-state index < -0.39 is 6.36 Å². The Hall–Kier alpha value is -2.28. The molecule has 0 heterocycles. The first-order valence-corrected chi connectivity index (χ1v) is 7.78. The van der Waals surface area contributed by atoms with E-state index in [0.29, 0.717) is 22.1 Å². The normalized spacial score (nSPS) is 11.5. The van der Waals surface area contributed by atoms with E-state index in [9.17, 15) is 13.2 Å². The summed E-state index contributed by atoms with van der Waals surface area (Å²) in [4.78, 5) is 1.64. The second-order valence-corrected chi connectivity index (χ2v) is 6.12. The molecule has 0 fully saturated rings. The molecule has 0 saturated heterocycles. The zero-order valence-corrected chi connectivity index (χ0v) is 14.7. The molecule has 0 spiro atoms. The predicted molar refractivity (Wildman–Crippen MR) is 92.8 cm³/mol. The zero-order chi connectivity index (χ0) is 18.8. The van der Waals surface area contributed by atoms with E-state index in [1.54, 1.807) is 50.1 Å². The summed E-state index contributed by atoms with van der Waals surface area (Å²) in [5.74, 6) is -0.115. The van der Waals surface area contributed by atoms with E-state index in [2.05, 4.69) is 4.74 Å². The van der Waals surface area contributed by atoms with Gasteiger partial charge in [0.2, 0.25) is 0 Å². The number of nitrogens with zero attached hydrogens (tertiary/aromatic N) is 1. The van der Waals surface area contributed by atoms with Crippen LogP contribution in [0.4, 0.5) is 30.2 Å². The molecule has 136 valence electrons. The van der Waals surface area contributed by atoms with E-state index in [-0.39, 0.29) is 17.6 Å². The molecule has 25 heavy (non-hydrogen) atoms. The molecule has 4 nitrogen and oxygen atoms in total. The van der Waals surface area contributed by atoms with Crippen LogP contribution >= 0.6 is 11.6 Å². The Kier molecular flexibility index (Phi) is 5.57. The molecule has 0 unspecified atom stereocenters. The van der Waals surface area contributed by atoms with Crippen molar-refractivity contribution in [1.82, 2.24) is 0 Å². The lowest BCUT2D eigenvalue weighted by atomic mass is 10.2. The Morgan fingerprint density at radius 2 is 1.60 bits per heavy atom. The Morgan fingerprint density at radius 1 is 1.00 bits per heavy atom. The molecule has 0 aliphatic rings. The Bertz CT molecular complexity index is 731. The number of rotatable bonds is 5. The van der Waals surface area contributed by atoms with Crippen molar-refractivity contribution in [3.63, 3.8) is 0 Å². The monoisotopic (exact) mass is 374 g/mol. The van der Waals surface area contributed by atoms with Crippen molar-refractivity contribution in [1.29, 1.82) is 0 Å². The highest BCUT2D eigenvalue weighted by molar-refractivity contribution is 6.31. The van der Waals surface area contributed by atoms with Crippen LogP contribution in [0.2, 0.25) is 5.02 Å². The Balaban J connectivity index is 2.45. The van der Waals surface area contributed by atoms with Crippen molar-refractivity contribution < 1.29 is 22.6 Å². The second kappa shape index (κ2) is 7.31. The van der Waals surface area contributed by atoms with Gasteiger partial charge in [0, 0.05) is 47.3 Å². The van der Waals surface area contributed by atoms with Crippen molar-refractivity contribution in [2.45, 2.75) is 26.3 Å². The molecule has 0 saturated carbocycles. The molecule has 0 radical (unpaired) electrons. The van der Waals surface area contributed by atoms with Gasteiger partial charge < -0.3 is 20.1 Å². The molecule has 2 N–H and O–H groups in total. The fourth-order valence-corrected chi connectivity index (χ4v) is 2.46. The summed E-state index contributed by atoms with van der Waals surface area (Å²) < 4.78 is 47.3. The summed E-state index contributed by atoms with van der Waals surface area (Å²) in [5.41, 5.74) is 7.26. The minimum atomic E-state index is -4.80. The standard InChI is InChI=1S/C17H18ClF3N2O2/c1-10(2)24-15-7-14(8-16(9-15)25-17(19,20)21)23(3)13-5-11(18)4-12(22)6-13/h4-10H,22H2,1-3H3. The van der Waals surface area contributed by atoms with Crippen molar-refractivity contribution in [3.8, 4) is 11.5 Å². The number of hydrogen-bond acceptors (Lipinski definition) is 4. The topological polar surface area (TPSA) is 47.7 Å². The van der Waals surface area contributed by atoms with E-state index in [1.807, 2.05) is 0 Å². The van der Waals surface area contributed by atoms with E-state index in [0.717, 1.165) is 0 Å². The smallest absolute Gasteiger partial charge is 0.491 e. The Labute approximate surface area is 148 Å². The van der Waals surface area contributed by atoms with Crippen molar-refractivity contribution in [3.05, 3.63) is 41.4 Å². The second-order valence-electron chi connectivity index (χ2n) is 5.68. The van der Waals surface area contributed by atoms with Gasteiger partial charge in [-0.2, -0.15) is 0 Å². The lowest BCUT2D eigenvalue weighted by molar-refractivity contribution is -0.274. The van der Waals surface area contributed by atoms with E-state index >= 15 is 0 Å². The maximum atomic E-state index is 12.6. The summed E-state index contributed by atoms with van der Waals surface area (Å²) in [6.45, 7) is 3.55. The van der Waals surface area contributed by atoms with Crippen molar-refractivity contribution in [2.24, 2.45) is 0 Å². The molecule has 0 amide bonds. The molecule has 0 aromatic heterocycles. The van der Waals surface area contributed by atoms with Crippen LogP contribution in [0.5, 0.6) is 11.5 Å². The molecular formula is C17H18ClF3N2O2. The fourth-order valence-electron chi connectivity index (χ4n) is 2.22. The first kappa shape index (κ1) is 19.1. The number of halogens is 4. The zero-order valence-electron chi connectivity index (χ0n) is 13.9. The first-order chi connectivity index (χ1) is 11.5. The minimum absolute atomic E-state index is 0.207. The lowest BCUT2D eigenvalue weighted by Gasteiger charge is -2.23. The number of alkyl halides is 3. The van der Waals surface area contributed by atoms with Gasteiger partial charge in [0.1, 0.15) is 11.5 Å². The summed E-state index contributed by atoms with van der Waals surface area (Å²) in [5, 5.41) is 0.420. The van der Waals surface area contributed by atoms with Crippen LogP contribution in [0, 0.1) is 0 Å². The number of nitrogen functional groups attached to an aromatic ring is 1. The predicted octanol–water partition coefficient (Wildman–Crippen LogP) is 5.38. The van der Waals surface area contributed by atoms with Crippen LogP contribution < -0.4 is 20.1 Å². The van der Waals surface area contributed by atoms with Gasteiger partial charge in [-0.3, -0.25) is 0 Å². The van der Waals surface area contributed by atoms with Crippen LogP contribution in [0.3, 0.4) is 0 Å². The van der Waals surface area contributed by atoms with Gasteiger partial charge in [0.05, 0.1) is 6.10 Å². The van der Waals surface area contributed by atoms with Crippen LogP contribution in [0.25, 0.3) is 0 Å². The highest BCUT2D eigenvalue weighted by Crippen LogP contribution is 2.36. The molecule has 0 bridgehead atoms. The number of benzene rings is 2. The third kappa shape index (κ3) is 5.63. The van der Waals surface area contributed by atoms with Crippen molar-refractivity contribution in [2.75, 3.05) is 17.7 Å². The largest absolute Gasteiger partial charge is 0.573 e. The highest BCUT2D eigenvalue weighted by atomic mass is 35.5. The van der Waals surface area contributed by atoms with Gasteiger partial charge in [0.15, 0.2) is 0 Å². The van der Waals surface area contributed by atoms with Crippen LogP contribution in [0.15, 0.2) is 36.4 Å². The molecule has 0 atom stereocenters. The average Bonchev–Trinajstić information content (AvgIpc) is 2.42. The van der Waals surface area contributed by atoms with Gasteiger partial charge >= 0.3 is 6.36 Å². The maximum absolute atomic E-state index is 12.6. The van der Waals surface area contributed by atoms with Gasteiger partial charge in [-0.15, -0.1) is 13.2 Å². The SMILES string of the molecule is CC(C)Oc1cc(OC(F)(F)F)cc(N(C)c2cc(N)cc(Cl)c2)c1. The van der Waals surface area contributed by atoms with Gasteiger partial charge in [0.25, 0.3) is 0 Å². The molecule has 0 aliphatic heterocycles. The fraction of sp³-hybridized carbons (Fsp3) is 0.294. The Morgan fingerprint density at radius 3 is 2.16 bits per heavy atom. The molecule has 2 rings (SSSR count). The number of nitrogens with two attached hydrogens (primary N) is 1. The lowest BCUT2D eigenvalue weighted by Crippen LogP contribution is -2.18. The summed E-state index contributed by atoms with van der Waals surface area (Å²) in [6, 6.07) is 8.95. The van der Waals surface area contributed by atoms with Gasteiger partial charge in [-0.1, -0.05) is 11.6 Å². The molecular weight excluding hydrogens is 357 g/mol. The van der Waals surface area contributed by atoms with Crippen LogP contribution in [0.1, 0.15) is 13.8 Å². The summed E-state index contributed by atoms with van der Waals surface area (Å²) >= 11 is 6.00. The molecule has 8 heteroatoms. The third-order valence-electron chi connectivity index (χ3n) is 3.15. The van der Waals surface area contributed by atoms with Crippen molar-refractivity contribution >= 4 is 28.7 Å². The summed E-state index contributed by atoms with van der Waals surface area (Å²) in [7, 11) is 1.68. The van der Waals surface area contributed by atoms with Gasteiger partial charge in [-0.05, 0) is 32.0 Å². The quantitative estimate of drug-likeness (QED) is 0.714. The molecule has 2 aromatic carbocycles. The van der Waals surface area contributed by atoms with Crippen LogP contribution in [-0.2, 0) is 0 Å². The molecule has 0 aliphatic carbocycles. The van der Waals surface area contributed by atoms with Crippen LogP contribution in [-0.4, -0.2) is 19.5 Å². The first-order valence-electron chi connectivity index (χ1n) is 7.41. The third-order valence-corrected chi connectivity index (χ3v) is 3.37. The average molecular weight is 375 g/mol.